The Bertz CT molecular complexity index is 457. The van der Waals surface area contributed by atoms with Crippen LogP contribution in [-0.4, -0.2) is 61.0 Å². The minimum atomic E-state index is -0.139. The molecule has 0 unspecified atom stereocenters. The highest BCUT2D eigenvalue weighted by molar-refractivity contribution is 5.92. The van der Waals surface area contributed by atoms with Gasteiger partial charge in [-0.15, -0.1) is 0 Å². The van der Waals surface area contributed by atoms with Gasteiger partial charge < -0.3 is 15.1 Å². The molecular weight excluding hydrogens is 278 g/mol. The second-order valence-corrected chi connectivity index (χ2v) is 5.81. The van der Waals surface area contributed by atoms with Gasteiger partial charge in [0, 0.05) is 32.9 Å². The summed E-state index contributed by atoms with van der Waals surface area (Å²) >= 11 is 0. The van der Waals surface area contributed by atoms with Crippen LogP contribution in [0.5, 0.6) is 0 Å². The van der Waals surface area contributed by atoms with Gasteiger partial charge in [-0.1, -0.05) is 27.7 Å². The van der Waals surface area contributed by atoms with E-state index in [0.29, 0.717) is 18.2 Å². The zero-order chi connectivity index (χ0) is 16.7. The number of nitrogens with one attached hydrogen (secondary N) is 1. The van der Waals surface area contributed by atoms with E-state index in [2.05, 4.69) is 47.9 Å². The Hall–Kier alpha value is -1.69. The van der Waals surface area contributed by atoms with E-state index >= 15 is 0 Å². The number of hydrogen-bond acceptors (Lipinski definition) is 5. The van der Waals surface area contributed by atoms with Crippen molar-refractivity contribution in [1.82, 2.24) is 20.2 Å². The van der Waals surface area contributed by atoms with Gasteiger partial charge in [-0.25, -0.2) is 9.97 Å². The van der Waals surface area contributed by atoms with Crippen molar-refractivity contribution in [3.8, 4) is 0 Å². The van der Waals surface area contributed by atoms with Crippen LogP contribution in [0.2, 0.25) is 0 Å². The lowest BCUT2D eigenvalue weighted by atomic mass is 10.1. The smallest absolute Gasteiger partial charge is 0.270 e. The van der Waals surface area contributed by atoms with Crippen molar-refractivity contribution in [2.24, 2.45) is 0 Å². The molecule has 22 heavy (non-hydrogen) atoms. The van der Waals surface area contributed by atoms with Crippen LogP contribution >= 0.6 is 0 Å². The number of hydrogen-bond donors (Lipinski definition) is 1. The Kier molecular flexibility index (Phi) is 7.24. The molecule has 0 fully saturated rings. The average molecular weight is 307 g/mol. The Morgan fingerprint density at radius 2 is 1.86 bits per heavy atom. The molecule has 0 saturated heterocycles. The number of likely N-dealkylation sites (N-methyl/N-ethyl adjacent to an activating group) is 1. The van der Waals surface area contributed by atoms with Crippen molar-refractivity contribution < 1.29 is 4.79 Å². The highest BCUT2D eigenvalue weighted by Crippen LogP contribution is 2.16. The van der Waals surface area contributed by atoms with Gasteiger partial charge in [0.25, 0.3) is 5.91 Å². The summed E-state index contributed by atoms with van der Waals surface area (Å²) < 4.78 is 0. The van der Waals surface area contributed by atoms with Crippen molar-refractivity contribution in [3.63, 3.8) is 0 Å². The molecule has 0 aliphatic carbocycles. The number of amides is 1. The molecular formula is C16H29N5O. The predicted octanol–water partition coefficient (Wildman–Crippen LogP) is 1.74. The van der Waals surface area contributed by atoms with Gasteiger partial charge >= 0.3 is 0 Å². The standard InChI is InChI=1S/C16H29N5O/c1-7-21(8-2)10-9-17-15(22)14-11-13(12(3)4)18-16(19-14)20(5)6/h11-12H,7-10H2,1-6H3,(H,17,22). The van der Waals surface area contributed by atoms with Crippen molar-refractivity contribution in [3.05, 3.63) is 17.5 Å². The van der Waals surface area contributed by atoms with E-state index in [0.717, 1.165) is 25.3 Å². The maximum Gasteiger partial charge on any atom is 0.270 e. The monoisotopic (exact) mass is 307 g/mol. The normalized spacial score (nSPS) is 11.1. The van der Waals surface area contributed by atoms with Crippen LogP contribution < -0.4 is 10.2 Å². The molecule has 1 N–H and O–H groups in total. The Morgan fingerprint density at radius 1 is 1.23 bits per heavy atom. The van der Waals surface area contributed by atoms with Gasteiger partial charge in [-0.3, -0.25) is 4.79 Å². The first-order valence-corrected chi connectivity index (χ1v) is 7.95. The van der Waals surface area contributed by atoms with Crippen LogP contribution in [0.1, 0.15) is 49.8 Å². The van der Waals surface area contributed by atoms with Gasteiger partial charge in [0.15, 0.2) is 0 Å². The number of carbonyl (C=O) groups excluding carboxylic acids is 1. The number of nitrogens with zero attached hydrogens (tertiary/aromatic N) is 4. The first-order chi connectivity index (χ1) is 10.4. The molecule has 0 radical (unpaired) electrons. The summed E-state index contributed by atoms with van der Waals surface area (Å²) in [5.41, 5.74) is 1.31. The van der Waals surface area contributed by atoms with Crippen LogP contribution in [0.15, 0.2) is 6.07 Å². The van der Waals surface area contributed by atoms with Crippen LogP contribution in [0.3, 0.4) is 0 Å². The Balaban J connectivity index is 2.79. The molecule has 6 nitrogen and oxygen atoms in total. The molecule has 0 atom stereocenters. The maximum absolute atomic E-state index is 12.3. The van der Waals surface area contributed by atoms with Gasteiger partial charge in [0.05, 0.1) is 0 Å². The molecule has 0 aromatic carbocycles. The first-order valence-electron chi connectivity index (χ1n) is 7.95. The van der Waals surface area contributed by atoms with Gasteiger partial charge in [0.2, 0.25) is 5.95 Å². The summed E-state index contributed by atoms with van der Waals surface area (Å²) in [6, 6.07) is 1.78. The number of carbonyl (C=O) groups is 1. The maximum atomic E-state index is 12.3. The molecule has 1 amide bonds. The fourth-order valence-electron chi connectivity index (χ4n) is 2.02. The third-order valence-corrected chi connectivity index (χ3v) is 3.57. The van der Waals surface area contributed by atoms with Crippen LogP contribution in [0, 0.1) is 0 Å². The minimum Gasteiger partial charge on any atom is -0.349 e. The van der Waals surface area contributed by atoms with Crippen molar-refractivity contribution in [2.45, 2.75) is 33.6 Å². The number of anilines is 1. The summed E-state index contributed by atoms with van der Waals surface area (Å²) in [6.45, 7) is 11.8. The number of rotatable bonds is 8. The Labute approximate surface area is 133 Å². The molecule has 124 valence electrons. The zero-order valence-electron chi connectivity index (χ0n) is 14.7. The van der Waals surface area contributed by atoms with E-state index in [1.165, 1.54) is 0 Å². The third-order valence-electron chi connectivity index (χ3n) is 3.57. The highest BCUT2D eigenvalue weighted by atomic mass is 16.1. The van der Waals surface area contributed by atoms with Crippen molar-refractivity contribution in [2.75, 3.05) is 45.2 Å². The van der Waals surface area contributed by atoms with E-state index in [1.807, 2.05) is 19.0 Å². The van der Waals surface area contributed by atoms with Crippen molar-refractivity contribution in [1.29, 1.82) is 0 Å². The van der Waals surface area contributed by atoms with Gasteiger partial charge in [0.1, 0.15) is 5.69 Å². The third kappa shape index (κ3) is 5.26. The predicted molar refractivity (Wildman–Crippen MR) is 90.6 cm³/mol. The lowest BCUT2D eigenvalue weighted by molar-refractivity contribution is 0.0943. The van der Waals surface area contributed by atoms with E-state index in [4.69, 9.17) is 0 Å². The molecule has 0 spiro atoms. The summed E-state index contributed by atoms with van der Waals surface area (Å²) in [5.74, 6) is 0.684. The van der Waals surface area contributed by atoms with Gasteiger partial charge in [-0.2, -0.15) is 0 Å². The van der Waals surface area contributed by atoms with Gasteiger partial charge in [-0.05, 0) is 25.1 Å². The van der Waals surface area contributed by atoms with Crippen LogP contribution in [-0.2, 0) is 0 Å². The fraction of sp³-hybridized carbons (Fsp3) is 0.688. The molecule has 0 saturated carbocycles. The number of aromatic nitrogens is 2. The molecule has 1 aromatic heterocycles. The highest BCUT2D eigenvalue weighted by Gasteiger charge is 2.14. The van der Waals surface area contributed by atoms with E-state index in [1.54, 1.807) is 6.07 Å². The molecule has 6 heteroatoms. The summed E-state index contributed by atoms with van der Waals surface area (Å²) in [6.07, 6.45) is 0. The molecule has 0 bridgehead atoms. The van der Waals surface area contributed by atoms with E-state index < -0.39 is 0 Å². The van der Waals surface area contributed by atoms with E-state index in [-0.39, 0.29) is 11.8 Å². The Morgan fingerprint density at radius 3 is 2.36 bits per heavy atom. The minimum absolute atomic E-state index is 0.139. The average Bonchev–Trinajstić information content (AvgIpc) is 2.50. The molecule has 0 aliphatic heterocycles. The lowest BCUT2D eigenvalue weighted by Crippen LogP contribution is -2.35. The molecule has 1 heterocycles. The van der Waals surface area contributed by atoms with Crippen LogP contribution in [0.4, 0.5) is 5.95 Å². The van der Waals surface area contributed by atoms with Crippen molar-refractivity contribution >= 4 is 11.9 Å². The summed E-state index contributed by atoms with van der Waals surface area (Å²) in [5, 5.41) is 2.94. The lowest BCUT2D eigenvalue weighted by Gasteiger charge is -2.18. The SMILES string of the molecule is CCN(CC)CCNC(=O)c1cc(C(C)C)nc(N(C)C)n1. The topological polar surface area (TPSA) is 61.4 Å². The quantitative estimate of drug-likeness (QED) is 0.792. The molecule has 1 aromatic rings. The first kappa shape index (κ1) is 18.4. The zero-order valence-corrected chi connectivity index (χ0v) is 14.7. The fourth-order valence-corrected chi connectivity index (χ4v) is 2.02. The molecule has 1 rings (SSSR count). The molecule has 0 aliphatic rings. The summed E-state index contributed by atoms with van der Waals surface area (Å²) in [7, 11) is 3.75. The van der Waals surface area contributed by atoms with E-state index in [9.17, 15) is 4.79 Å². The second-order valence-electron chi connectivity index (χ2n) is 5.81. The second kappa shape index (κ2) is 8.68. The largest absolute Gasteiger partial charge is 0.349 e. The van der Waals surface area contributed by atoms with Crippen LogP contribution in [0.25, 0.3) is 0 Å². The summed E-state index contributed by atoms with van der Waals surface area (Å²) in [4.78, 5) is 25.2.